The van der Waals surface area contributed by atoms with E-state index in [0.29, 0.717) is 6.04 Å². The number of aromatic nitrogens is 1. The minimum absolute atomic E-state index is 0.204. The van der Waals surface area contributed by atoms with E-state index in [2.05, 4.69) is 16.9 Å². The molecule has 3 atom stereocenters. The molecule has 2 fully saturated rings. The van der Waals surface area contributed by atoms with Gasteiger partial charge in [0.2, 0.25) is 5.88 Å². The number of hydrogen-bond donors (Lipinski definition) is 1. The van der Waals surface area contributed by atoms with E-state index in [4.69, 9.17) is 0 Å². The van der Waals surface area contributed by atoms with Crippen LogP contribution in [-0.2, 0) is 0 Å². The number of anilines is 1. The Labute approximate surface area is 100 Å². The predicted molar refractivity (Wildman–Crippen MR) is 66.2 cm³/mol. The number of nitrogens with zero attached hydrogens (tertiary/aromatic N) is 2. The lowest BCUT2D eigenvalue weighted by Crippen LogP contribution is -2.35. The summed E-state index contributed by atoms with van der Waals surface area (Å²) in [5, 5.41) is 10.5. The summed E-state index contributed by atoms with van der Waals surface area (Å²) in [4.78, 5) is 7.45. The van der Waals surface area contributed by atoms with Gasteiger partial charge < -0.3 is 10.0 Å². The largest absolute Gasteiger partial charge is 0.492 e. The zero-order chi connectivity index (χ0) is 11.3. The van der Waals surface area contributed by atoms with E-state index in [0.717, 1.165) is 21.8 Å². The van der Waals surface area contributed by atoms with E-state index in [1.165, 1.54) is 25.7 Å². The SMILES string of the molecule is Cc1sc(N(C)[C@H]2C[C@@H]3CC[C@H]2C3)nc1O. The fourth-order valence-corrected chi connectivity index (χ4v) is 4.18. The van der Waals surface area contributed by atoms with Crippen LogP contribution in [0.15, 0.2) is 0 Å². The van der Waals surface area contributed by atoms with Crippen molar-refractivity contribution in [2.75, 3.05) is 11.9 Å². The Balaban J connectivity index is 1.80. The molecule has 0 radical (unpaired) electrons. The second-order valence-electron chi connectivity index (χ2n) is 5.23. The number of aromatic hydroxyl groups is 1. The fourth-order valence-electron chi connectivity index (χ4n) is 3.35. The Hall–Kier alpha value is -0.770. The van der Waals surface area contributed by atoms with Gasteiger partial charge in [0.05, 0.1) is 4.88 Å². The molecule has 0 spiro atoms. The summed E-state index contributed by atoms with van der Waals surface area (Å²) in [5.41, 5.74) is 0. The summed E-state index contributed by atoms with van der Waals surface area (Å²) in [5.74, 6) is 2.02. The van der Waals surface area contributed by atoms with E-state index < -0.39 is 0 Å². The van der Waals surface area contributed by atoms with Gasteiger partial charge in [0.1, 0.15) is 0 Å². The molecule has 2 bridgehead atoms. The van der Waals surface area contributed by atoms with Gasteiger partial charge in [-0.25, -0.2) is 0 Å². The molecule has 1 N–H and O–H groups in total. The first-order valence-corrected chi connectivity index (χ1v) is 6.86. The summed E-state index contributed by atoms with van der Waals surface area (Å²) < 4.78 is 0. The summed E-state index contributed by atoms with van der Waals surface area (Å²) in [7, 11) is 2.13. The highest BCUT2D eigenvalue weighted by molar-refractivity contribution is 7.15. The van der Waals surface area contributed by atoms with Gasteiger partial charge in [-0.3, -0.25) is 0 Å². The van der Waals surface area contributed by atoms with Gasteiger partial charge >= 0.3 is 0 Å². The van der Waals surface area contributed by atoms with Crippen molar-refractivity contribution in [1.82, 2.24) is 4.98 Å². The third kappa shape index (κ3) is 1.51. The molecule has 1 heterocycles. The molecule has 3 nitrogen and oxygen atoms in total. The van der Waals surface area contributed by atoms with E-state index in [1.54, 1.807) is 11.3 Å². The van der Waals surface area contributed by atoms with Crippen molar-refractivity contribution >= 4 is 16.5 Å². The molecule has 2 aliphatic rings. The number of rotatable bonds is 2. The van der Waals surface area contributed by atoms with E-state index in [9.17, 15) is 5.11 Å². The van der Waals surface area contributed by atoms with Crippen LogP contribution in [0.4, 0.5) is 5.13 Å². The highest BCUT2D eigenvalue weighted by atomic mass is 32.1. The molecule has 4 heteroatoms. The molecule has 88 valence electrons. The summed E-state index contributed by atoms with van der Waals surface area (Å²) >= 11 is 1.60. The number of hydrogen-bond acceptors (Lipinski definition) is 4. The molecule has 3 rings (SSSR count). The number of thiazole rings is 1. The van der Waals surface area contributed by atoms with Crippen LogP contribution in [0.2, 0.25) is 0 Å². The molecule has 1 aromatic heterocycles. The van der Waals surface area contributed by atoms with Crippen molar-refractivity contribution in [2.24, 2.45) is 11.8 Å². The van der Waals surface area contributed by atoms with Crippen molar-refractivity contribution in [3.05, 3.63) is 4.88 Å². The third-order valence-electron chi connectivity index (χ3n) is 4.26. The van der Waals surface area contributed by atoms with Crippen molar-refractivity contribution in [2.45, 2.75) is 38.6 Å². The van der Waals surface area contributed by atoms with Gasteiger partial charge in [0.25, 0.3) is 0 Å². The first-order valence-electron chi connectivity index (χ1n) is 6.04. The van der Waals surface area contributed by atoms with E-state index in [-0.39, 0.29) is 5.88 Å². The van der Waals surface area contributed by atoms with Gasteiger partial charge in [0.15, 0.2) is 5.13 Å². The van der Waals surface area contributed by atoms with Gasteiger partial charge in [-0.2, -0.15) is 4.98 Å². The Morgan fingerprint density at radius 3 is 2.69 bits per heavy atom. The molecule has 1 aromatic rings. The van der Waals surface area contributed by atoms with Gasteiger partial charge in [-0.05, 0) is 38.0 Å². The standard InChI is InChI=1S/C12H18N2OS/c1-7-11(15)13-12(16-7)14(2)10-6-8-3-4-9(10)5-8/h8-10,15H,3-6H2,1-2H3/t8-,9+,10+/m1/s1. The van der Waals surface area contributed by atoms with Crippen molar-refractivity contribution in [3.63, 3.8) is 0 Å². The Morgan fingerprint density at radius 1 is 1.38 bits per heavy atom. The fraction of sp³-hybridized carbons (Fsp3) is 0.750. The van der Waals surface area contributed by atoms with Crippen molar-refractivity contribution in [3.8, 4) is 5.88 Å². The monoisotopic (exact) mass is 238 g/mol. The van der Waals surface area contributed by atoms with Crippen LogP contribution in [0.5, 0.6) is 5.88 Å². The maximum Gasteiger partial charge on any atom is 0.226 e. The van der Waals surface area contributed by atoms with Crippen LogP contribution in [0.3, 0.4) is 0 Å². The topological polar surface area (TPSA) is 36.4 Å². The summed E-state index contributed by atoms with van der Waals surface area (Å²) in [6.07, 6.45) is 5.54. The minimum Gasteiger partial charge on any atom is -0.492 e. The van der Waals surface area contributed by atoms with Gasteiger partial charge in [-0.1, -0.05) is 17.8 Å². The highest BCUT2D eigenvalue weighted by Gasteiger charge is 2.42. The van der Waals surface area contributed by atoms with Crippen LogP contribution in [-0.4, -0.2) is 23.2 Å². The molecule has 0 unspecified atom stereocenters. The average molecular weight is 238 g/mol. The molecule has 2 saturated carbocycles. The highest BCUT2D eigenvalue weighted by Crippen LogP contribution is 2.47. The minimum atomic E-state index is 0.204. The number of aryl methyl sites for hydroxylation is 1. The van der Waals surface area contributed by atoms with Crippen molar-refractivity contribution in [1.29, 1.82) is 0 Å². The maximum absolute atomic E-state index is 9.54. The van der Waals surface area contributed by atoms with Crippen LogP contribution in [0, 0.1) is 18.8 Å². The van der Waals surface area contributed by atoms with Gasteiger partial charge in [-0.15, -0.1) is 0 Å². The summed E-state index contributed by atoms with van der Waals surface area (Å²) in [6.45, 7) is 1.92. The average Bonchev–Trinajstić information content (AvgIpc) is 2.94. The molecular weight excluding hydrogens is 220 g/mol. The van der Waals surface area contributed by atoms with Crippen LogP contribution >= 0.6 is 11.3 Å². The van der Waals surface area contributed by atoms with E-state index >= 15 is 0 Å². The molecular formula is C12H18N2OS. The van der Waals surface area contributed by atoms with Crippen molar-refractivity contribution < 1.29 is 5.11 Å². The Bertz CT molecular complexity index is 384. The second kappa shape index (κ2) is 3.62. The first kappa shape index (κ1) is 10.4. The molecule has 0 saturated heterocycles. The second-order valence-corrected chi connectivity index (χ2v) is 6.41. The molecule has 2 aliphatic carbocycles. The van der Waals surface area contributed by atoms with Crippen LogP contribution in [0.1, 0.15) is 30.6 Å². The molecule has 16 heavy (non-hydrogen) atoms. The lowest BCUT2D eigenvalue weighted by atomic mass is 9.95. The lowest BCUT2D eigenvalue weighted by Gasteiger charge is -2.31. The number of fused-ring (bicyclic) bond motifs is 2. The predicted octanol–water partition coefficient (Wildman–Crippen LogP) is 2.78. The zero-order valence-corrected chi connectivity index (χ0v) is 10.6. The maximum atomic E-state index is 9.54. The molecule has 0 amide bonds. The normalized spacial score (nSPS) is 32.2. The third-order valence-corrected chi connectivity index (χ3v) is 5.31. The van der Waals surface area contributed by atoms with Crippen LogP contribution in [0.25, 0.3) is 0 Å². The van der Waals surface area contributed by atoms with Gasteiger partial charge in [0, 0.05) is 13.1 Å². The Kier molecular flexibility index (Phi) is 2.35. The van der Waals surface area contributed by atoms with Crippen LogP contribution < -0.4 is 4.90 Å². The molecule has 0 aliphatic heterocycles. The smallest absolute Gasteiger partial charge is 0.226 e. The zero-order valence-electron chi connectivity index (χ0n) is 9.81. The Morgan fingerprint density at radius 2 is 2.19 bits per heavy atom. The first-order chi connectivity index (χ1) is 7.65. The lowest BCUT2D eigenvalue weighted by molar-refractivity contribution is 0.403. The molecule has 0 aromatic carbocycles. The summed E-state index contributed by atoms with van der Waals surface area (Å²) in [6, 6.07) is 0.656. The quantitative estimate of drug-likeness (QED) is 0.860. The van der Waals surface area contributed by atoms with E-state index in [1.807, 2.05) is 6.92 Å².